The lowest BCUT2D eigenvalue weighted by molar-refractivity contribution is -0.136. The first-order chi connectivity index (χ1) is 18.1. The first-order valence-corrected chi connectivity index (χ1v) is 14.0. The molecule has 0 spiro atoms. The molecule has 0 N–H and O–H groups in total. The normalized spacial score (nSPS) is 19.5. The fourth-order valence-corrected chi connectivity index (χ4v) is 5.66. The second kappa shape index (κ2) is 12.3. The van der Waals surface area contributed by atoms with Crippen molar-refractivity contribution in [2.45, 2.75) is 47.1 Å². The Morgan fingerprint density at radius 1 is 1.05 bits per heavy atom. The molecule has 7 nitrogen and oxygen atoms in total. The third-order valence-electron chi connectivity index (χ3n) is 7.44. The highest BCUT2D eigenvalue weighted by atomic mass is 35.5. The van der Waals surface area contributed by atoms with E-state index in [1.54, 1.807) is 17.9 Å². The smallest absolute Gasteiger partial charge is 0.228 e. The van der Waals surface area contributed by atoms with Gasteiger partial charge in [0.05, 0.1) is 5.92 Å². The summed E-state index contributed by atoms with van der Waals surface area (Å²) in [7, 11) is 0. The van der Waals surface area contributed by atoms with Gasteiger partial charge < -0.3 is 19.6 Å². The number of carbonyl (C=O) groups excluding carboxylic acids is 3. The zero-order valence-electron chi connectivity index (χ0n) is 23.0. The van der Waals surface area contributed by atoms with Gasteiger partial charge in [-0.05, 0) is 55.1 Å². The van der Waals surface area contributed by atoms with Gasteiger partial charge in [0.15, 0.2) is 0 Å². The zero-order valence-corrected chi connectivity index (χ0v) is 23.7. The van der Waals surface area contributed by atoms with Gasteiger partial charge in [-0.3, -0.25) is 14.4 Å². The largest absolute Gasteiger partial charge is 0.337 e. The summed E-state index contributed by atoms with van der Waals surface area (Å²) in [4.78, 5) is 47.4. The van der Waals surface area contributed by atoms with Crippen molar-refractivity contribution in [3.63, 3.8) is 0 Å². The average molecular weight is 539 g/mol. The molecule has 2 heterocycles. The molecule has 1 unspecified atom stereocenters. The summed E-state index contributed by atoms with van der Waals surface area (Å²) in [6.45, 7) is 12.4. The number of amides is 3. The summed E-state index contributed by atoms with van der Waals surface area (Å²) < 4.78 is 0. The lowest BCUT2D eigenvalue weighted by Crippen LogP contribution is -2.42. The molecule has 2 aliphatic heterocycles. The van der Waals surface area contributed by atoms with Crippen LogP contribution in [0.15, 0.2) is 42.5 Å². The monoisotopic (exact) mass is 538 g/mol. The maximum atomic E-state index is 14.0. The van der Waals surface area contributed by atoms with Crippen molar-refractivity contribution in [2.24, 2.45) is 11.8 Å². The van der Waals surface area contributed by atoms with E-state index in [1.807, 2.05) is 53.1 Å². The van der Waals surface area contributed by atoms with Crippen LogP contribution in [0.2, 0.25) is 5.02 Å². The molecule has 1 fully saturated rings. The first-order valence-electron chi connectivity index (χ1n) is 13.6. The van der Waals surface area contributed by atoms with Crippen molar-refractivity contribution in [3.8, 4) is 0 Å². The van der Waals surface area contributed by atoms with E-state index in [2.05, 4.69) is 18.7 Å². The number of benzene rings is 2. The van der Waals surface area contributed by atoms with Crippen LogP contribution in [0.25, 0.3) is 0 Å². The van der Waals surface area contributed by atoms with Crippen molar-refractivity contribution in [1.82, 2.24) is 9.80 Å². The predicted octanol–water partition coefficient (Wildman–Crippen LogP) is 4.74. The second-order valence-corrected chi connectivity index (χ2v) is 11.4. The Labute approximate surface area is 231 Å². The van der Waals surface area contributed by atoms with E-state index in [9.17, 15) is 14.4 Å². The van der Waals surface area contributed by atoms with Gasteiger partial charge in [0.2, 0.25) is 17.7 Å². The molecule has 8 heteroatoms. The van der Waals surface area contributed by atoms with E-state index in [4.69, 9.17) is 11.6 Å². The number of halogens is 1. The van der Waals surface area contributed by atoms with Crippen molar-refractivity contribution in [2.75, 3.05) is 49.1 Å². The van der Waals surface area contributed by atoms with Gasteiger partial charge >= 0.3 is 0 Å². The molecule has 1 atom stereocenters. The lowest BCUT2D eigenvalue weighted by Gasteiger charge is -2.30. The molecule has 0 aromatic heterocycles. The van der Waals surface area contributed by atoms with Crippen LogP contribution in [0.3, 0.4) is 0 Å². The van der Waals surface area contributed by atoms with Crippen LogP contribution in [0.5, 0.6) is 0 Å². The van der Waals surface area contributed by atoms with Crippen molar-refractivity contribution in [1.29, 1.82) is 0 Å². The number of aryl methyl sites for hydroxylation is 1. The molecule has 204 valence electrons. The van der Waals surface area contributed by atoms with Gasteiger partial charge in [0.1, 0.15) is 0 Å². The second-order valence-electron chi connectivity index (χ2n) is 10.9. The number of hydrogen-bond acceptors (Lipinski definition) is 4. The summed E-state index contributed by atoms with van der Waals surface area (Å²) in [6.07, 6.45) is 1.04. The molecule has 3 amide bonds. The molecular formula is C30H39ClN4O3. The van der Waals surface area contributed by atoms with E-state index in [-0.39, 0.29) is 24.1 Å². The highest BCUT2D eigenvalue weighted by Crippen LogP contribution is 2.31. The summed E-state index contributed by atoms with van der Waals surface area (Å²) in [6, 6.07) is 13.4. The third-order valence-corrected chi connectivity index (χ3v) is 7.85. The van der Waals surface area contributed by atoms with Crippen LogP contribution in [-0.4, -0.2) is 66.8 Å². The molecule has 4 rings (SSSR count). The molecule has 38 heavy (non-hydrogen) atoms. The topological polar surface area (TPSA) is 64.2 Å². The standard InChI is InChI=1S/C30H39ClN4O3/c1-21(2)18-32-12-7-13-34(23(4)36)28-9-6-5-8-24(28)19-33(15-14-32)30(38)25-16-29(37)35(20-25)26-11-10-22(3)27(31)17-26/h5-6,8-11,17,21,25H,7,12-16,18-20H2,1-4H3. The fraction of sp³-hybridized carbons (Fsp3) is 0.500. The van der Waals surface area contributed by atoms with Crippen LogP contribution in [0.1, 0.15) is 44.7 Å². The molecule has 0 saturated carbocycles. The quantitative estimate of drug-likeness (QED) is 0.564. The minimum atomic E-state index is -0.428. The van der Waals surface area contributed by atoms with Crippen LogP contribution in [0, 0.1) is 18.8 Å². The maximum Gasteiger partial charge on any atom is 0.228 e. The molecule has 2 aromatic rings. The number of hydrogen-bond donors (Lipinski definition) is 0. The van der Waals surface area contributed by atoms with E-state index >= 15 is 0 Å². The molecular weight excluding hydrogens is 500 g/mol. The van der Waals surface area contributed by atoms with Gasteiger partial charge in [-0.25, -0.2) is 0 Å². The zero-order chi connectivity index (χ0) is 27.4. The summed E-state index contributed by atoms with van der Waals surface area (Å²) in [5, 5.41) is 0.606. The molecule has 0 radical (unpaired) electrons. The summed E-state index contributed by atoms with van der Waals surface area (Å²) >= 11 is 6.32. The van der Waals surface area contributed by atoms with Gasteiger partial charge in [-0.1, -0.05) is 49.7 Å². The predicted molar refractivity (Wildman–Crippen MR) is 152 cm³/mol. The Balaban J connectivity index is 1.61. The Bertz CT molecular complexity index is 1180. The van der Waals surface area contributed by atoms with E-state index in [1.165, 1.54) is 0 Å². The summed E-state index contributed by atoms with van der Waals surface area (Å²) in [5.41, 5.74) is 3.47. The highest BCUT2D eigenvalue weighted by Gasteiger charge is 2.38. The SMILES string of the molecule is CC(=O)N1CCCN(CC(C)C)CCN(C(=O)C2CC(=O)N(c3ccc(C)c(Cl)c3)C2)Cc2ccccc21. The number of anilines is 2. The first kappa shape index (κ1) is 28.1. The average Bonchev–Trinajstić information content (AvgIpc) is 3.25. The van der Waals surface area contributed by atoms with Crippen molar-refractivity contribution >= 4 is 40.7 Å². The number of nitrogens with zero attached hydrogens (tertiary/aromatic N) is 4. The van der Waals surface area contributed by atoms with Gasteiger partial charge in [0, 0.05) is 69.0 Å². The highest BCUT2D eigenvalue weighted by molar-refractivity contribution is 6.31. The van der Waals surface area contributed by atoms with Gasteiger partial charge in [-0.2, -0.15) is 0 Å². The van der Waals surface area contributed by atoms with Crippen LogP contribution in [0.4, 0.5) is 11.4 Å². The van der Waals surface area contributed by atoms with Crippen molar-refractivity contribution in [3.05, 3.63) is 58.6 Å². The minimum absolute atomic E-state index is 0.00114. The van der Waals surface area contributed by atoms with Crippen LogP contribution in [-0.2, 0) is 20.9 Å². The molecule has 0 bridgehead atoms. The third kappa shape index (κ3) is 6.56. The van der Waals surface area contributed by atoms with Gasteiger partial charge in [0.25, 0.3) is 0 Å². The molecule has 2 aliphatic rings. The van der Waals surface area contributed by atoms with Crippen LogP contribution >= 0.6 is 11.6 Å². The minimum Gasteiger partial charge on any atom is -0.337 e. The maximum absolute atomic E-state index is 14.0. The Morgan fingerprint density at radius 3 is 2.53 bits per heavy atom. The number of rotatable bonds is 4. The van der Waals surface area contributed by atoms with E-state index in [0.717, 1.165) is 48.6 Å². The number of carbonyl (C=O) groups is 3. The molecule has 2 aromatic carbocycles. The Kier molecular flexibility index (Phi) is 9.11. The molecule has 0 aliphatic carbocycles. The van der Waals surface area contributed by atoms with Crippen LogP contribution < -0.4 is 9.80 Å². The van der Waals surface area contributed by atoms with E-state index in [0.29, 0.717) is 37.1 Å². The Hall–Kier alpha value is -2.90. The lowest BCUT2D eigenvalue weighted by atomic mass is 10.1. The van der Waals surface area contributed by atoms with E-state index < -0.39 is 5.92 Å². The number of para-hydroxylation sites is 1. The van der Waals surface area contributed by atoms with Gasteiger partial charge in [-0.15, -0.1) is 0 Å². The Morgan fingerprint density at radius 2 is 1.82 bits per heavy atom. The van der Waals surface area contributed by atoms with Crippen molar-refractivity contribution < 1.29 is 14.4 Å². The summed E-state index contributed by atoms with van der Waals surface area (Å²) in [5.74, 6) is -0.0217. The fourth-order valence-electron chi connectivity index (χ4n) is 5.48. The molecule has 1 saturated heterocycles. The number of fused-ring (bicyclic) bond motifs is 1.